The molecule has 0 amide bonds. The van der Waals surface area contributed by atoms with E-state index in [2.05, 4.69) is 4.90 Å². The molecule has 0 unspecified atom stereocenters. The average molecular weight is 449 g/mol. The molecule has 1 aliphatic carbocycles. The number of aliphatic hydroxyl groups excluding tert-OH is 1. The molecular weight excluding hydrogens is 420 g/mol. The fourth-order valence-electron chi connectivity index (χ4n) is 4.80. The van der Waals surface area contributed by atoms with Gasteiger partial charge in [-0.3, -0.25) is 4.79 Å². The highest BCUT2D eigenvalue weighted by Crippen LogP contribution is 2.35. The van der Waals surface area contributed by atoms with E-state index in [0.29, 0.717) is 35.8 Å². The molecule has 2 aliphatic rings. The predicted octanol–water partition coefficient (Wildman–Crippen LogP) is 2.56. The first kappa shape index (κ1) is 21.3. The molecule has 1 aliphatic heterocycles. The largest absolute Gasteiger partial charge is 0.497 e. The minimum atomic E-state index is -0.346. The van der Waals surface area contributed by atoms with Gasteiger partial charge < -0.3 is 25.2 Å². The molecular formula is C25H28N4O4. The Morgan fingerprint density at radius 3 is 2.45 bits per heavy atom. The van der Waals surface area contributed by atoms with Crippen LogP contribution < -0.4 is 25.7 Å². The number of ether oxygens (including phenoxy) is 2. The molecule has 3 N–H and O–H groups in total. The van der Waals surface area contributed by atoms with Crippen molar-refractivity contribution in [2.24, 2.45) is 0 Å². The molecule has 2 heterocycles. The van der Waals surface area contributed by atoms with Crippen molar-refractivity contribution in [2.75, 3.05) is 37.9 Å². The summed E-state index contributed by atoms with van der Waals surface area (Å²) in [6.07, 6.45) is 2.79. The van der Waals surface area contributed by atoms with Crippen LogP contribution in [0.5, 0.6) is 11.5 Å². The quantitative estimate of drug-likeness (QED) is 0.578. The zero-order valence-corrected chi connectivity index (χ0v) is 18.9. The van der Waals surface area contributed by atoms with E-state index in [4.69, 9.17) is 20.3 Å². The number of methoxy groups -OCH3 is 2. The fraction of sp³-hybridized carbons (Fsp3) is 0.360. The van der Waals surface area contributed by atoms with Gasteiger partial charge >= 0.3 is 0 Å². The lowest BCUT2D eigenvalue weighted by atomic mass is 10.0. The summed E-state index contributed by atoms with van der Waals surface area (Å²) in [7, 11) is 3.22. The standard InChI is InChI=1S/C25H28N4O4/c1-32-18-10-15(11-19(13-18)33-2)24-20-4-3-5-21(20)25(31)29(27-24)23-12-16(6-7-22(23)26)28-9-8-17(30)14-28/h6-7,10-13,17,30H,3-5,8-9,14,26H2,1-2H3/t17-/m0/s1. The molecule has 3 aromatic rings. The molecule has 8 nitrogen and oxygen atoms in total. The van der Waals surface area contributed by atoms with Crippen molar-refractivity contribution < 1.29 is 14.6 Å². The van der Waals surface area contributed by atoms with E-state index >= 15 is 0 Å². The van der Waals surface area contributed by atoms with E-state index in [1.54, 1.807) is 20.3 Å². The molecule has 0 bridgehead atoms. The van der Waals surface area contributed by atoms with Crippen LogP contribution in [0.4, 0.5) is 11.4 Å². The van der Waals surface area contributed by atoms with E-state index < -0.39 is 0 Å². The van der Waals surface area contributed by atoms with E-state index in [0.717, 1.165) is 53.9 Å². The van der Waals surface area contributed by atoms with Gasteiger partial charge in [0.1, 0.15) is 11.5 Å². The van der Waals surface area contributed by atoms with E-state index in [1.165, 1.54) is 4.68 Å². The number of nitrogens with zero attached hydrogens (tertiary/aromatic N) is 3. The van der Waals surface area contributed by atoms with Gasteiger partial charge in [0.05, 0.1) is 37.4 Å². The number of aromatic nitrogens is 2. The van der Waals surface area contributed by atoms with Crippen molar-refractivity contribution in [2.45, 2.75) is 31.8 Å². The Morgan fingerprint density at radius 2 is 1.79 bits per heavy atom. The Hall–Kier alpha value is -3.52. The number of fused-ring (bicyclic) bond motifs is 1. The molecule has 2 aromatic carbocycles. The Bertz CT molecular complexity index is 1250. The SMILES string of the molecule is COc1cc(OC)cc(-c2nn(-c3cc(N4CC[C@H](O)C4)ccc3N)c(=O)c3c2CCC3)c1. The van der Waals surface area contributed by atoms with Crippen LogP contribution >= 0.6 is 0 Å². The lowest BCUT2D eigenvalue weighted by Crippen LogP contribution is -2.27. The van der Waals surface area contributed by atoms with Gasteiger partial charge in [-0.2, -0.15) is 9.78 Å². The highest BCUT2D eigenvalue weighted by Gasteiger charge is 2.26. The molecule has 172 valence electrons. The molecule has 0 spiro atoms. The van der Waals surface area contributed by atoms with E-state index in [9.17, 15) is 9.90 Å². The number of aliphatic hydroxyl groups is 1. The van der Waals surface area contributed by atoms with Crippen molar-refractivity contribution in [1.82, 2.24) is 9.78 Å². The summed E-state index contributed by atoms with van der Waals surface area (Å²) in [5.41, 5.74) is 11.5. The smallest absolute Gasteiger partial charge is 0.275 e. The van der Waals surface area contributed by atoms with Crippen molar-refractivity contribution in [3.05, 3.63) is 57.9 Å². The number of hydrogen-bond donors (Lipinski definition) is 2. The molecule has 0 radical (unpaired) electrons. The predicted molar refractivity (Wildman–Crippen MR) is 128 cm³/mol. The monoisotopic (exact) mass is 448 g/mol. The fourth-order valence-corrected chi connectivity index (χ4v) is 4.80. The van der Waals surface area contributed by atoms with Gasteiger partial charge in [-0.15, -0.1) is 0 Å². The van der Waals surface area contributed by atoms with Crippen LogP contribution in [0.1, 0.15) is 24.0 Å². The Balaban J connectivity index is 1.69. The first-order valence-electron chi connectivity index (χ1n) is 11.2. The lowest BCUT2D eigenvalue weighted by Gasteiger charge is -2.20. The Kier molecular flexibility index (Phi) is 5.46. The number of nitrogen functional groups attached to an aromatic ring is 1. The third-order valence-corrected chi connectivity index (χ3v) is 6.55. The molecule has 0 saturated carbocycles. The Labute approximate surface area is 192 Å². The highest BCUT2D eigenvalue weighted by atomic mass is 16.5. The van der Waals surface area contributed by atoms with Crippen LogP contribution in [0, 0.1) is 0 Å². The maximum absolute atomic E-state index is 13.5. The number of rotatable bonds is 5. The van der Waals surface area contributed by atoms with Crippen LogP contribution in [0.3, 0.4) is 0 Å². The summed E-state index contributed by atoms with van der Waals surface area (Å²) in [5, 5.41) is 14.8. The molecule has 33 heavy (non-hydrogen) atoms. The van der Waals surface area contributed by atoms with E-state index in [-0.39, 0.29) is 11.7 Å². The third kappa shape index (κ3) is 3.80. The van der Waals surface area contributed by atoms with Gasteiger partial charge in [-0.05, 0) is 61.6 Å². The van der Waals surface area contributed by atoms with Crippen molar-refractivity contribution in [3.8, 4) is 28.4 Å². The second-order valence-electron chi connectivity index (χ2n) is 8.61. The summed E-state index contributed by atoms with van der Waals surface area (Å²) in [5.74, 6) is 1.31. The van der Waals surface area contributed by atoms with Gasteiger partial charge in [0.25, 0.3) is 5.56 Å². The maximum Gasteiger partial charge on any atom is 0.275 e. The zero-order valence-electron chi connectivity index (χ0n) is 18.9. The normalized spacial score (nSPS) is 17.3. The summed E-state index contributed by atoms with van der Waals surface area (Å²) in [6.45, 7) is 1.32. The van der Waals surface area contributed by atoms with Gasteiger partial charge in [-0.1, -0.05) is 0 Å². The van der Waals surface area contributed by atoms with Gasteiger partial charge in [-0.25, -0.2) is 0 Å². The van der Waals surface area contributed by atoms with Crippen LogP contribution in [-0.2, 0) is 12.8 Å². The highest BCUT2D eigenvalue weighted by molar-refractivity contribution is 5.70. The molecule has 8 heteroatoms. The molecule has 1 fully saturated rings. The summed E-state index contributed by atoms with van der Waals surface area (Å²) >= 11 is 0. The summed E-state index contributed by atoms with van der Waals surface area (Å²) in [6, 6.07) is 11.2. The maximum atomic E-state index is 13.5. The second kappa shape index (κ2) is 8.44. The van der Waals surface area contributed by atoms with E-state index in [1.807, 2.05) is 30.3 Å². The van der Waals surface area contributed by atoms with Gasteiger partial charge in [0.15, 0.2) is 0 Å². The average Bonchev–Trinajstić information content (AvgIpc) is 3.49. The lowest BCUT2D eigenvalue weighted by molar-refractivity contribution is 0.198. The minimum absolute atomic E-state index is 0.133. The van der Waals surface area contributed by atoms with Crippen LogP contribution in [-0.4, -0.2) is 48.3 Å². The first-order valence-corrected chi connectivity index (χ1v) is 11.2. The number of hydrogen-bond acceptors (Lipinski definition) is 7. The van der Waals surface area contributed by atoms with Crippen molar-refractivity contribution in [1.29, 1.82) is 0 Å². The summed E-state index contributed by atoms with van der Waals surface area (Å²) < 4.78 is 12.3. The number of nitrogens with two attached hydrogens (primary N) is 1. The molecule has 1 aromatic heterocycles. The van der Waals surface area contributed by atoms with Gasteiger partial charge in [0, 0.05) is 36.0 Å². The van der Waals surface area contributed by atoms with Crippen molar-refractivity contribution >= 4 is 11.4 Å². The number of anilines is 2. The zero-order chi connectivity index (χ0) is 23.1. The number of benzene rings is 2. The second-order valence-corrected chi connectivity index (χ2v) is 8.61. The molecule has 5 rings (SSSR count). The van der Waals surface area contributed by atoms with Crippen LogP contribution in [0.25, 0.3) is 16.9 Å². The third-order valence-electron chi connectivity index (χ3n) is 6.55. The minimum Gasteiger partial charge on any atom is -0.497 e. The Morgan fingerprint density at radius 1 is 1.06 bits per heavy atom. The summed E-state index contributed by atoms with van der Waals surface area (Å²) in [4.78, 5) is 15.6. The number of β-amino-alcohol motifs (C(OH)–C–C–N with tert-alkyl or cyclic N) is 1. The van der Waals surface area contributed by atoms with Crippen molar-refractivity contribution in [3.63, 3.8) is 0 Å². The van der Waals surface area contributed by atoms with Crippen LogP contribution in [0.2, 0.25) is 0 Å². The first-order chi connectivity index (χ1) is 16.0. The topological polar surface area (TPSA) is 103 Å². The van der Waals surface area contributed by atoms with Gasteiger partial charge in [0.2, 0.25) is 0 Å². The van der Waals surface area contributed by atoms with Crippen LogP contribution in [0.15, 0.2) is 41.2 Å². The molecule has 1 saturated heterocycles. The molecule has 1 atom stereocenters.